The maximum atomic E-state index is 12.2. The molecule has 1 aromatic carbocycles. The van der Waals surface area contributed by atoms with Crippen LogP contribution in [0.3, 0.4) is 0 Å². The van der Waals surface area contributed by atoms with Crippen LogP contribution in [0.15, 0.2) is 34.1 Å². The van der Waals surface area contributed by atoms with Crippen LogP contribution >= 0.6 is 27.3 Å². The van der Waals surface area contributed by atoms with Crippen molar-refractivity contribution in [2.24, 2.45) is 0 Å². The summed E-state index contributed by atoms with van der Waals surface area (Å²) in [5, 5.41) is 9.23. The maximum Gasteiger partial charge on any atom is 0.268 e. The number of benzene rings is 1. The van der Waals surface area contributed by atoms with E-state index in [1.54, 1.807) is 36.2 Å². The zero-order valence-corrected chi connectivity index (χ0v) is 12.4. The number of thiophene rings is 1. The maximum absolute atomic E-state index is 12.2. The van der Waals surface area contributed by atoms with Gasteiger partial charge < -0.3 is 10.0 Å². The van der Waals surface area contributed by atoms with Crippen molar-refractivity contribution in [2.45, 2.75) is 6.92 Å². The number of aryl methyl sites for hydroxylation is 1. The van der Waals surface area contributed by atoms with E-state index in [0.29, 0.717) is 4.88 Å². The monoisotopic (exact) mass is 325 g/mol. The number of anilines is 1. The first kappa shape index (κ1) is 13.1. The number of amides is 1. The lowest BCUT2D eigenvalue weighted by molar-refractivity contribution is 0.0997. The number of phenols is 1. The van der Waals surface area contributed by atoms with Crippen molar-refractivity contribution >= 4 is 38.9 Å². The van der Waals surface area contributed by atoms with Gasteiger partial charge >= 0.3 is 0 Å². The largest absolute Gasteiger partial charge is 0.508 e. The fraction of sp³-hybridized carbons (Fsp3) is 0.154. The summed E-state index contributed by atoms with van der Waals surface area (Å²) < 4.78 is 0.977. The molecule has 0 aliphatic heterocycles. The van der Waals surface area contributed by atoms with Gasteiger partial charge in [0.25, 0.3) is 5.91 Å². The molecule has 0 spiro atoms. The third kappa shape index (κ3) is 2.57. The van der Waals surface area contributed by atoms with Crippen LogP contribution in [0.25, 0.3) is 0 Å². The Hall–Kier alpha value is -1.33. The van der Waals surface area contributed by atoms with Crippen molar-refractivity contribution in [2.75, 3.05) is 11.9 Å². The molecule has 0 fully saturated rings. The quantitative estimate of drug-likeness (QED) is 0.912. The SMILES string of the molecule is Cc1cc(C(=O)N(C)c2ccc(O)cc2)sc1Br. The molecule has 18 heavy (non-hydrogen) atoms. The Morgan fingerprint density at radius 2 is 1.94 bits per heavy atom. The minimum atomic E-state index is -0.0560. The molecule has 0 radical (unpaired) electrons. The average molecular weight is 326 g/mol. The second-order valence-corrected chi connectivity index (χ2v) is 6.32. The fourth-order valence-electron chi connectivity index (χ4n) is 1.52. The number of hydrogen-bond acceptors (Lipinski definition) is 3. The normalized spacial score (nSPS) is 10.4. The summed E-state index contributed by atoms with van der Waals surface area (Å²) >= 11 is 4.84. The van der Waals surface area contributed by atoms with Crippen molar-refractivity contribution < 1.29 is 9.90 Å². The number of nitrogens with zero attached hydrogens (tertiary/aromatic N) is 1. The van der Waals surface area contributed by atoms with Gasteiger partial charge in [0.15, 0.2) is 0 Å². The first-order valence-electron chi connectivity index (χ1n) is 5.32. The molecule has 0 aliphatic carbocycles. The van der Waals surface area contributed by atoms with E-state index >= 15 is 0 Å². The smallest absolute Gasteiger partial charge is 0.268 e. The molecular formula is C13H12BrNO2S. The number of carbonyl (C=O) groups excluding carboxylic acids is 1. The summed E-state index contributed by atoms with van der Waals surface area (Å²) in [6.07, 6.45) is 0. The minimum absolute atomic E-state index is 0.0560. The molecule has 0 saturated heterocycles. The van der Waals surface area contributed by atoms with Gasteiger partial charge in [-0.1, -0.05) is 0 Å². The zero-order valence-electron chi connectivity index (χ0n) is 9.98. The predicted octanol–water partition coefficient (Wildman–Crippen LogP) is 3.80. The lowest BCUT2D eigenvalue weighted by atomic mass is 10.2. The third-order valence-corrected chi connectivity index (χ3v) is 4.73. The zero-order chi connectivity index (χ0) is 13.3. The van der Waals surface area contributed by atoms with Gasteiger partial charge in [-0.2, -0.15) is 0 Å². The summed E-state index contributed by atoms with van der Waals surface area (Å²) in [6, 6.07) is 8.42. The lowest BCUT2D eigenvalue weighted by Crippen LogP contribution is -2.25. The molecular weight excluding hydrogens is 314 g/mol. The van der Waals surface area contributed by atoms with Crippen LogP contribution in [0, 0.1) is 6.92 Å². The summed E-state index contributed by atoms with van der Waals surface area (Å²) in [5.41, 5.74) is 1.81. The predicted molar refractivity (Wildman–Crippen MR) is 77.6 cm³/mol. The molecule has 1 amide bonds. The molecule has 0 saturated carbocycles. The van der Waals surface area contributed by atoms with Crippen molar-refractivity contribution in [1.29, 1.82) is 0 Å². The highest BCUT2D eigenvalue weighted by Crippen LogP contribution is 2.29. The van der Waals surface area contributed by atoms with Crippen molar-refractivity contribution in [3.8, 4) is 5.75 Å². The molecule has 2 rings (SSSR count). The van der Waals surface area contributed by atoms with E-state index in [0.717, 1.165) is 15.0 Å². The van der Waals surface area contributed by atoms with E-state index < -0.39 is 0 Å². The van der Waals surface area contributed by atoms with Gasteiger partial charge in [-0.3, -0.25) is 4.79 Å². The van der Waals surface area contributed by atoms with Crippen LogP contribution in [0.2, 0.25) is 0 Å². The first-order chi connectivity index (χ1) is 8.49. The van der Waals surface area contributed by atoms with Gasteiger partial charge in [0.2, 0.25) is 0 Å². The molecule has 1 N–H and O–H groups in total. The van der Waals surface area contributed by atoms with Crippen LogP contribution in [-0.4, -0.2) is 18.1 Å². The van der Waals surface area contributed by atoms with Crippen molar-refractivity contribution in [1.82, 2.24) is 0 Å². The van der Waals surface area contributed by atoms with E-state index in [2.05, 4.69) is 15.9 Å². The molecule has 0 atom stereocenters. The molecule has 1 heterocycles. The highest BCUT2D eigenvalue weighted by Gasteiger charge is 2.16. The number of halogens is 1. The van der Waals surface area contributed by atoms with Crippen molar-refractivity contribution in [3.63, 3.8) is 0 Å². The Labute approximate surface area is 118 Å². The highest BCUT2D eigenvalue weighted by molar-refractivity contribution is 9.11. The number of hydrogen-bond donors (Lipinski definition) is 1. The van der Waals surface area contributed by atoms with Gasteiger partial charge in [-0.15, -0.1) is 11.3 Å². The van der Waals surface area contributed by atoms with E-state index in [4.69, 9.17) is 0 Å². The van der Waals surface area contributed by atoms with Crippen LogP contribution in [0.1, 0.15) is 15.2 Å². The first-order valence-corrected chi connectivity index (χ1v) is 6.93. The second-order valence-electron chi connectivity index (χ2n) is 3.95. The Bertz CT molecular complexity index is 558. The Morgan fingerprint density at radius 1 is 1.33 bits per heavy atom. The summed E-state index contributed by atoms with van der Waals surface area (Å²) in [7, 11) is 1.72. The number of aromatic hydroxyl groups is 1. The van der Waals surface area contributed by atoms with Crippen molar-refractivity contribution in [3.05, 3.63) is 44.6 Å². The molecule has 0 bridgehead atoms. The van der Waals surface area contributed by atoms with Gasteiger partial charge in [0.1, 0.15) is 5.75 Å². The van der Waals surface area contributed by atoms with Gasteiger partial charge in [-0.25, -0.2) is 0 Å². The van der Waals surface area contributed by atoms with Crippen LogP contribution in [-0.2, 0) is 0 Å². The Balaban J connectivity index is 2.26. The van der Waals surface area contributed by atoms with Crippen LogP contribution in [0.4, 0.5) is 5.69 Å². The Kier molecular flexibility index (Phi) is 3.73. The summed E-state index contributed by atoms with van der Waals surface area (Å²) in [5.74, 6) is 0.133. The molecule has 94 valence electrons. The van der Waals surface area contributed by atoms with E-state index in [1.165, 1.54) is 11.3 Å². The molecule has 0 unspecified atom stereocenters. The molecule has 0 aliphatic rings. The van der Waals surface area contributed by atoms with E-state index in [1.807, 2.05) is 13.0 Å². The van der Waals surface area contributed by atoms with Crippen LogP contribution in [0.5, 0.6) is 5.75 Å². The number of phenolic OH excluding ortho intramolecular Hbond substituents is 1. The standard InChI is InChI=1S/C13H12BrNO2S/c1-8-7-11(18-12(8)14)13(17)15(2)9-3-5-10(16)6-4-9/h3-7,16H,1-2H3. The van der Waals surface area contributed by atoms with Crippen LogP contribution < -0.4 is 4.90 Å². The minimum Gasteiger partial charge on any atom is -0.508 e. The average Bonchev–Trinajstić information content (AvgIpc) is 2.69. The third-order valence-electron chi connectivity index (χ3n) is 2.61. The lowest BCUT2D eigenvalue weighted by Gasteiger charge is -2.16. The number of rotatable bonds is 2. The van der Waals surface area contributed by atoms with E-state index in [9.17, 15) is 9.90 Å². The molecule has 5 heteroatoms. The second kappa shape index (κ2) is 5.12. The van der Waals surface area contributed by atoms with E-state index in [-0.39, 0.29) is 11.7 Å². The number of carbonyl (C=O) groups is 1. The van der Waals surface area contributed by atoms with Gasteiger partial charge in [0.05, 0.1) is 8.66 Å². The fourth-order valence-corrected chi connectivity index (χ4v) is 3.03. The summed E-state index contributed by atoms with van der Waals surface area (Å²) in [4.78, 5) is 14.5. The van der Waals surface area contributed by atoms with Gasteiger partial charge in [0, 0.05) is 12.7 Å². The molecule has 3 nitrogen and oxygen atoms in total. The van der Waals surface area contributed by atoms with Gasteiger partial charge in [-0.05, 0) is 58.7 Å². The molecule has 2 aromatic rings. The molecule has 1 aromatic heterocycles. The highest BCUT2D eigenvalue weighted by atomic mass is 79.9. The topological polar surface area (TPSA) is 40.5 Å². The Morgan fingerprint density at radius 3 is 2.44 bits per heavy atom. The summed E-state index contributed by atoms with van der Waals surface area (Å²) in [6.45, 7) is 1.96.